The smallest absolute Gasteiger partial charge is 0.227 e. The molecule has 0 atom stereocenters. The minimum atomic E-state index is 0.197. The van der Waals surface area contributed by atoms with Crippen LogP contribution in [0.1, 0.15) is 11.1 Å². The molecule has 1 fully saturated rings. The summed E-state index contributed by atoms with van der Waals surface area (Å²) in [4.78, 5) is 25.6. The Morgan fingerprint density at radius 2 is 1.81 bits per heavy atom. The minimum Gasteiger partial charge on any atom is -0.339 e. The van der Waals surface area contributed by atoms with E-state index in [1.54, 1.807) is 12.4 Å². The van der Waals surface area contributed by atoms with Crippen LogP contribution in [-0.4, -0.2) is 51.5 Å². The van der Waals surface area contributed by atoms with Gasteiger partial charge in [0.2, 0.25) is 11.9 Å². The molecule has 0 bridgehead atoms. The maximum absolute atomic E-state index is 12.6. The van der Waals surface area contributed by atoms with E-state index in [1.807, 2.05) is 30.1 Å². The maximum Gasteiger partial charge on any atom is 0.227 e. The molecule has 1 amide bonds. The van der Waals surface area contributed by atoms with Crippen molar-refractivity contribution in [3.63, 3.8) is 0 Å². The molecular weight excluding hydrogens is 326 g/mol. The maximum atomic E-state index is 12.6. The van der Waals surface area contributed by atoms with Crippen molar-refractivity contribution >= 4 is 22.9 Å². The first-order chi connectivity index (χ1) is 12.6. The van der Waals surface area contributed by atoms with E-state index in [4.69, 9.17) is 4.98 Å². The highest BCUT2D eigenvalue weighted by atomic mass is 16.2. The summed E-state index contributed by atoms with van der Waals surface area (Å²) in [6, 6.07) is 10.2. The van der Waals surface area contributed by atoms with Gasteiger partial charge in [0.25, 0.3) is 0 Å². The molecule has 4 rings (SSSR count). The lowest BCUT2D eigenvalue weighted by molar-refractivity contribution is -0.130. The van der Waals surface area contributed by atoms with Crippen molar-refractivity contribution in [2.24, 2.45) is 7.05 Å². The van der Waals surface area contributed by atoms with Crippen LogP contribution in [0.3, 0.4) is 0 Å². The van der Waals surface area contributed by atoms with Crippen LogP contribution in [-0.2, 0) is 18.3 Å². The molecule has 26 heavy (non-hydrogen) atoms. The highest BCUT2D eigenvalue weighted by Gasteiger charge is 2.24. The molecule has 0 spiro atoms. The molecular formula is C20H23N5O. The number of carbonyl (C=O) groups excluding carboxylic acids is 1. The zero-order chi connectivity index (χ0) is 18.1. The van der Waals surface area contributed by atoms with Crippen LogP contribution in [0.4, 0.5) is 5.95 Å². The summed E-state index contributed by atoms with van der Waals surface area (Å²) in [5.74, 6) is 1.14. The van der Waals surface area contributed by atoms with Crippen molar-refractivity contribution in [2.45, 2.75) is 13.3 Å². The molecule has 2 aromatic heterocycles. The first kappa shape index (κ1) is 16.6. The molecule has 3 heterocycles. The normalized spacial score (nSPS) is 14.8. The number of hydrogen-bond donors (Lipinski definition) is 0. The third-order valence-corrected chi connectivity index (χ3v) is 5.05. The summed E-state index contributed by atoms with van der Waals surface area (Å²) < 4.78 is 2.10. The van der Waals surface area contributed by atoms with Gasteiger partial charge >= 0.3 is 0 Å². The molecule has 0 saturated carbocycles. The fourth-order valence-corrected chi connectivity index (χ4v) is 3.47. The van der Waals surface area contributed by atoms with E-state index in [1.165, 1.54) is 5.56 Å². The Morgan fingerprint density at radius 3 is 2.50 bits per heavy atom. The lowest BCUT2D eigenvalue weighted by atomic mass is 10.1. The van der Waals surface area contributed by atoms with Crippen LogP contribution < -0.4 is 4.90 Å². The van der Waals surface area contributed by atoms with Gasteiger partial charge in [0.05, 0.1) is 18.1 Å². The Labute approximate surface area is 153 Å². The van der Waals surface area contributed by atoms with Gasteiger partial charge in [-0.3, -0.25) is 9.78 Å². The number of anilines is 1. The van der Waals surface area contributed by atoms with Crippen LogP contribution in [0, 0.1) is 6.92 Å². The van der Waals surface area contributed by atoms with Crippen molar-refractivity contribution in [2.75, 3.05) is 31.1 Å². The summed E-state index contributed by atoms with van der Waals surface area (Å²) in [6.45, 7) is 5.11. The summed E-state index contributed by atoms with van der Waals surface area (Å²) in [6.07, 6.45) is 4.05. The SMILES string of the molecule is Cc1ccc(CC(=O)N2CCN(c3nc4cnccc4n3C)CC2)cc1. The fraction of sp³-hybridized carbons (Fsp3) is 0.350. The molecule has 134 valence electrons. The first-order valence-electron chi connectivity index (χ1n) is 8.96. The first-order valence-corrected chi connectivity index (χ1v) is 8.96. The second-order valence-electron chi connectivity index (χ2n) is 6.87. The van der Waals surface area contributed by atoms with Crippen LogP contribution >= 0.6 is 0 Å². The number of amides is 1. The average Bonchev–Trinajstić information content (AvgIpc) is 3.01. The number of aromatic nitrogens is 3. The van der Waals surface area contributed by atoms with Gasteiger partial charge in [-0.25, -0.2) is 4.98 Å². The van der Waals surface area contributed by atoms with Gasteiger partial charge in [0.1, 0.15) is 5.52 Å². The van der Waals surface area contributed by atoms with Crippen LogP contribution in [0.5, 0.6) is 0 Å². The third kappa shape index (κ3) is 3.14. The van der Waals surface area contributed by atoms with Gasteiger partial charge in [-0.05, 0) is 18.6 Å². The molecule has 1 saturated heterocycles. The molecule has 0 N–H and O–H groups in total. The van der Waals surface area contributed by atoms with E-state index in [-0.39, 0.29) is 5.91 Å². The van der Waals surface area contributed by atoms with E-state index in [2.05, 4.69) is 33.5 Å². The van der Waals surface area contributed by atoms with E-state index in [9.17, 15) is 4.79 Å². The molecule has 3 aromatic rings. The van der Waals surface area contributed by atoms with E-state index >= 15 is 0 Å². The number of hydrogen-bond acceptors (Lipinski definition) is 4. The predicted molar refractivity (Wildman–Crippen MR) is 102 cm³/mol. The Bertz CT molecular complexity index is 923. The molecule has 6 heteroatoms. The second-order valence-corrected chi connectivity index (χ2v) is 6.87. The lowest BCUT2D eigenvalue weighted by Gasteiger charge is -2.35. The Balaban J connectivity index is 1.41. The molecule has 1 aliphatic rings. The van der Waals surface area contributed by atoms with Crippen LogP contribution in [0.15, 0.2) is 42.7 Å². The number of piperazine rings is 1. The van der Waals surface area contributed by atoms with Gasteiger partial charge in [-0.2, -0.15) is 0 Å². The zero-order valence-electron chi connectivity index (χ0n) is 15.2. The lowest BCUT2D eigenvalue weighted by Crippen LogP contribution is -2.49. The van der Waals surface area contributed by atoms with Gasteiger partial charge in [0, 0.05) is 39.4 Å². The summed E-state index contributed by atoms with van der Waals surface area (Å²) in [7, 11) is 2.03. The van der Waals surface area contributed by atoms with Crippen LogP contribution in [0.25, 0.3) is 11.0 Å². The molecule has 0 radical (unpaired) electrons. The van der Waals surface area contributed by atoms with E-state index in [0.29, 0.717) is 6.42 Å². The highest BCUT2D eigenvalue weighted by molar-refractivity contribution is 5.79. The molecule has 1 aliphatic heterocycles. The Kier molecular flexibility index (Phi) is 4.32. The van der Waals surface area contributed by atoms with Gasteiger partial charge in [-0.15, -0.1) is 0 Å². The number of fused-ring (bicyclic) bond motifs is 1. The molecule has 0 unspecified atom stereocenters. The van der Waals surface area contributed by atoms with Crippen LogP contribution in [0.2, 0.25) is 0 Å². The molecule has 6 nitrogen and oxygen atoms in total. The van der Waals surface area contributed by atoms with Gasteiger partial charge in [0.15, 0.2) is 0 Å². The van der Waals surface area contributed by atoms with E-state index < -0.39 is 0 Å². The average molecular weight is 349 g/mol. The number of carbonyl (C=O) groups is 1. The number of rotatable bonds is 3. The summed E-state index contributed by atoms with van der Waals surface area (Å²) >= 11 is 0. The van der Waals surface area contributed by atoms with Crippen molar-refractivity contribution in [3.8, 4) is 0 Å². The van der Waals surface area contributed by atoms with Gasteiger partial charge < -0.3 is 14.4 Å². The van der Waals surface area contributed by atoms with Crippen molar-refractivity contribution < 1.29 is 4.79 Å². The number of benzene rings is 1. The monoisotopic (exact) mass is 349 g/mol. The topological polar surface area (TPSA) is 54.3 Å². The highest BCUT2D eigenvalue weighted by Crippen LogP contribution is 2.21. The largest absolute Gasteiger partial charge is 0.339 e. The minimum absolute atomic E-state index is 0.197. The van der Waals surface area contributed by atoms with Crippen molar-refractivity contribution in [3.05, 3.63) is 53.9 Å². The Morgan fingerprint density at radius 1 is 1.08 bits per heavy atom. The van der Waals surface area contributed by atoms with Gasteiger partial charge in [-0.1, -0.05) is 29.8 Å². The second kappa shape index (κ2) is 6.78. The quantitative estimate of drug-likeness (QED) is 0.727. The van der Waals surface area contributed by atoms with Crippen molar-refractivity contribution in [1.29, 1.82) is 0 Å². The number of pyridine rings is 1. The fourth-order valence-electron chi connectivity index (χ4n) is 3.47. The summed E-state index contributed by atoms with van der Waals surface area (Å²) in [5.41, 5.74) is 4.27. The number of nitrogens with zero attached hydrogens (tertiary/aromatic N) is 5. The standard InChI is InChI=1S/C20H23N5O/c1-15-3-5-16(6-4-15)13-19(26)24-9-11-25(12-10-24)20-22-17-14-21-8-7-18(17)23(20)2/h3-8,14H,9-13H2,1-2H3. The van der Waals surface area contributed by atoms with Crippen molar-refractivity contribution in [1.82, 2.24) is 19.4 Å². The zero-order valence-corrected chi connectivity index (χ0v) is 15.2. The number of aryl methyl sites for hydroxylation is 2. The van der Waals surface area contributed by atoms with E-state index in [0.717, 1.165) is 48.7 Å². The summed E-state index contributed by atoms with van der Waals surface area (Å²) in [5, 5.41) is 0. The third-order valence-electron chi connectivity index (χ3n) is 5.05. The Hall–Kier alpha value is -2.89. The predicted octanol–water partition coefficient (Wildman–Crippen LogP) is 2.17. The molecule has 1 aromatic carbocycles. The number of imidazole rings is 1. The molecule has 0 aliphatic carbocycles.